The number of hydrogen-bond acceptors (Lipinski definition) is 4. The van der Waals surface area contributed by atoms with Crippen molar-refractivity contribution in [3.63, 3.8) is 0 Å². The van der Waals surface area contributed by atoms with Crippen molar-refractivity contribution < 1.29 is 15.0 Å². The molecule has 0 unspecified atom stereocenters. The van der Waals surface area contributed by atoms with Crippen molar-refractivity contribution in [3.05, 3.63) is 50.9 Å². The molecule has 0 spiro atoms. The lowest BCUT2D eigenvalue weighted by Gasteiger charge is -2.16. The third kappa shape index (κ3) is 3.10. The summed E-state index contributed by atoms with van der Waals surface area (Å²) in [5, 5.41) is 24.6. The molecule has 0 saturated carbocycles. The Morgan fingerprint density at radius 2 is 2.13 bits per heavy atom. The predicted octanol–water partition coefficient (Wildman–Crippen LogP) is 3.49. The normalized spacial score (nSPS) is 15.6. The molecule has 30 heavy (non-hydrogen) atoms. The third-order valence-corrected chi connectivity index (χ3v) is 6.20. The summed E-state index contributed by atoms with van der Waals surface area (Å²) in [6, 6.07) is 6.18. The van der Waals surface area contributed by atoms with Gasteiger partial charge in [-0.1, -0.05) is 19.9 Å². The van der Waals surface area contributed by atoms with Gasteiger partial charge in [-0.05, 0) is 49.4 Å². The van der Waals surface area contributed by atoms with Crippen molar-refractivity contribution in [2.24, 2.45) is 7.05 Å². The summed E-state index contributed by atoms with van der Waals surface area (Å²) < 4.78 is 2.18. The van der Waals surface area contributed by atoms with Gasteiger partial charge in [0.2, 0.25) is 0 Å². The SMILES string of the molecule is CCCNCc1cc2c3c(ccc2n1C)-c1[nH]c(=O)c(C(=O)O)c(O)c1[C@H](C)CC3. The molecule has 4 rings (SSSR count). The van der Waals surface area contributed by atoms with E-state index in [0.717, 1.165) is 54.4 Å². The fourth-order valence-corrected chi connectivity index (χ4v) is 4.59. The third-order valence-electron chi connectivity index (χ3n) is 6.20. The number of carboxylic acids is 1. The topological polar surface area (TPSA) is 107 Å². The number of nitrogens with one attached hydrogen (secondary N) is 2. The number of hydrogen-bond donors (Lipinski definition) is 4. The van der Waals surface area contributed by atoms with Gasteiger partial charge in [0.05, 0.1) is 5.69 Å². The van der Waals surface area contributed by atoms with E-state index in [1.54, 1.807) is 0 Å². The fourth-order valence-electron chi connectivity index (χ4n) is 4.59. The zero-order chi connectivity index (χ0) is 21.6. The van der Waals surface area contributed by atoms with E-state index in [1.807, 2.05) is 19.1 Å². The smallest absolute Gasteiger partial charge is 0.345 e. The number of fused-ring (bicyclic) bond motifs is 5. The van der Waals surface area contributed by atoms with Gasteiger partial charge in [0.1, 0.15) is 5.75 Å². The first-order valence-corrected chi connectivity index (χ1v) is 10.4. The molecular formula is C23H27N3O4. The van der Waals surface area contributed by atoms with Crippen molar-refractivity contribution in [3.8, 4) is 17.0 Å². The Morgan fingerprint density at radius 3 is 2.83 bits per heavy atom. The summed E-state index contributed by atoms with van der Waals surface area (Å²) in [5.41, 5.74) is 3.93. The molecule has 0 fully saturated rings. The van der Waals surface area contributed by atoms with Crippen LogP contribution in [0, 0.1) is 0 Å². The number of H-pyrrole nitrogens is 1. The number of aromatic nitrogens is 2. The number of benzene rings is 1. The number of aromatic hydroxyl groups is 1. The van der Waals surface area contributed by atoms with Gasteiger partial charge in [-0.3, -0.25) is 4.79 Å². The quantitative estimate of drug-likeness (QED) is 0.483. The lowest BCUT2D eigenvalue weighted by Crippen LogP contribution is -2.20. The molecule has 3 aromatic rings. The molecular weight excluding hydrogens is 382 g/mol. The molecule has 0 saturated heterocycles. The average Bonchev–Trinajstić information content (AvgIpc) is 2.93. The molecule has 7 nitrogen and oxygen atoms in total. The number of aromatic carboxylic acids is 1. The van der Waals surface area contributed by atoms with Gasteiger partial charge in [-0.2, -0.15) is 0 Å². The molecule has 1 atom stereocenters. The van der Waals surface area contributed by atoms with Gasteiger partial charge in [0.15, 0.2) is 5.56 Å². The van der Waals surface area contributed by atoms with Crippen LogP contribution in [-0.4, -0.2) is 32.3 Å². The van der Waals surface area contributed by atoms with E-state index in [1.165, 1.54) is 5.69 Å². The molecule has 1 aromatic carbocycles. The Bertz CT molecular complexity index is 1210. The number of aryl methyl sites for hydroxylation is 2. The van der Waals surface area contributed by atoms with Crippen LogP contribution in [0.1, 0.15) is 59.8 Å². The summed E-state index contributed by atoms with van der Waals surface area (Å²) in [6.45, 7) is 5.83. The van der Waals surface area contributed by atoms with E-state index in [2.05, 4.69) is 34.9 Å². The summed E-state index contributed by atoms with van der Waals surface area (Å²) >= 11 is 0. The molecule has 2 aromatic heterocycles. The van der Waals surface area contributed by atoms with Crippen molar-refractivity contribution in [2.45, 2.75) is 45.6 Å². The van der Waals surface area contributed by atoms with Gasteiger partial charge >= 0.3 is 5.97 Å². The van der Waals surface area contributed by atoms with Crippen LogP contribution in [0.2, 0.25) is 0 Å². The summed E-state index contributed by atoms with van der Waals surface area (Å²) in [7, 11) is 2.05. The molecule has 2 heterocycles. The van der Waals surface area contributed by atoms with Crippen LogP contribution in [0.15, 0.2) is 23.0 Å². The molecule has 0 radical (unpaired) electrons. The van der Waals surface area contributed by atoms with E-state index in [4.69, 9.17) is 0 Å². The lowest BCUT2D eigenvalue weighted by molar-refractivity contribution is 0.0691. The van der Waals surface area contributed by atoms with Gasteiger partial charge in [-0.15, -0.1) is 0 Å². The van der Waals surface area contributed by atoms with Crippen molar-refractivity contribution in [2.75, 3.05) is 6.54 Å². The van der Waals surface area contributed by atoms with Crippen LogP contribution >= 0.6 is 0 Å². The van der Waals surface area contributed by atoms with Crippen LogP contribution < -0.4 is 10.9 Å². The first-order valence-electron chi connectivity index (χ1n) is 10.4. The van der Waals surface area contributed by atoms with Crippen LogP contribution in [-0.2, 0) is 20.0 Å². The van der Waals surface area contributed by atoms with Crippen molar-refractivity contribution >= 4 is 16.9 Å². The fraction of sp³-hybridized carbons (Fsp3) is 0.391. The number of nitrogens with zero attached hydrogens (tertiary/aromatic N) is 1. The highest BCUT2D eigenvalue weighted by atomic mass is 16.4. The second-order valence-electron chi connectivity index (χ2n) is 8.11. The van der Waals surface area contributed by atoms with Gasteiger partial charge in [0.25, 0.3) is 5.56 Å². The summed E-state index contributed by atoms with van der Waals surface area (Å²) in [6.07, 6.45) is 2.59. The second-order valence-corrected chi connectivity index (χ2v) is 8.11. The molecule has 0 bridgehead atoms. The Labute approximate surface area is 174 Å². The van der Waals surface area contributed by atoms with Gasteiger partial charge in [0, 0.05) is 41.3 Å². The average molecular weight is 409 g/mol. The molecule has 1 aliphatic carbocycles. The zero-order valence-corrected chi connectivity index (χ0v) is 17.5. The van der Waals surface area contributed by atoms with Crippen LogP contribution in [0.4, 0.5) is 0 Å². The number of aromatic amines is 1. The molecule has 1 aliphatic rings. The number of carboxylic acid groups (broad SMARTS) is 1. The van der Waals surface area contributed by atoms with Crippen LogP contribution in [0.25, 0.3) is 22.2 Å². The predicted molar refractivity (Wildman–Crippen MR) is 116 cm³/mol. The monoisotopic (exact) mass is 409 g/mol. The van der Waals surface area contributed by atoms with E-state index in [0.29, 0.717) is 11.3 Å². The highest BCUT2D eigenvalue weighted by Crippen LogP contribution is 2.43. The first-order chi connectivity index (χ1) is 14.3. The van der Waals surface area contributed by atoms with Crippen LogP contribution in [0.3, 0.4) is 0 Å². The summed E-state index contributed by atoms with van der Waals surface area (Å²) in [5.74, 6) is -1.93. The number of rotatable bonds is 5. The lowest BCUT2D eigenvalue weighted by atomic mass is 9.93. The zero-order valence-electron chi connectivity index (χ0n) is 17.5. The molecule has 0 aliphatic heterocycles. The van der Waals surface area contributed by atoms with Gasteiger partial charge < -0.3 is 25.1 Å². The second kappa shape index (κ2) is 7.65. The highest BCUT2D eigenvalue weighted by molar-refractivity contribution is 5.95. The van der Waals surface area contributed by atoms with E-state index < -0.39 is 22.8 Å². The van der Waals surface area contributed by atoms with Crippen molar-refractivity contribution in [1.82, 2.24) is 14.9 Å². The number of carbonyl (C=O) groups is 1. The number of pyridine rings is 1. The van der Waals surface area contributed by atoms with E-state index >= 15 is 0 Å². The maximum Gasteiger partial charge on any atom is 0.345 e. The Kier molecular flexibility index (Phi) is 5.15. The van der Waals surface area contributed by atoms with Crippen molar-refractivity contribution in [1.29, 1.82) is 0 Å². The Hall–Kier alpha value is -3.06. The maximum absolute atomic E-state index is 12.4. The molecule has 158 valence electrons. The van der Waals surface area contributed by atoms with Crippen LogP contribution in [0.5, 0.6) is 5.75 Å². The van der Waals surface area contributed by atoms with E-state index in [-0.39, 0.29) is 5.92 Å². The molecule has 4 N–H and O–H groups in total. The minimum Gasteiger partial charge on any atom is -0.506 e. The molecule has 0 amide bonds. The Balaban J connectivity index is 1.94. The maximum atomic E-state index is 12.4. The van der Waals surface area contributed by atoms with Gasteiger partial charge in [-0.25, -0.2) is 4.79 Å². The van der Waals surface area contributed by atoms with E-state index in [9.17, 15) is 19.8 Å². The minimum atomic E-state index is -1.42. The Morgan fingerprint density at radius 1 is 1.37 bits per heavy atom. The standard InChI is InChI=1S/C23H27N3O4/c1-4-9-24-11-13-10-16-14-6-5-12(2)18-20(15(14)7-8-17(16)26(13)3)25-22(28)19(21(18)27)23(29)30/h7-8,10,12,24H,4-6,9,11H2,1-3H3,(H,29,30)(H2,25,27,28)/t12-/m1/s1. The molecule has 7 heteroatoms. The highest BCUT2D eigenvalue weighted by Gasteiger charge is 2.29. The first kappa shape index (κ1) is 20.2. The largest absolute Gasteiger partial charge is 0.506 e. The minimum absolute atomic E-state index is 0.0909. The summed E-state index contributed by atoms with van der Waals surface area (Å²) in [4.78, 5) is 26.7.